The first kappa shape index (κ1) is 26.5. The molecule has 32 heavy (non-hydrogen) atoms. The van der Waals surface area contributed by atoms with Crippen LogP contribution in [0.4, 0.5) is 4.39 Å². The summed E-state index contributed by atoms with van der Waals surface area (Å²) in [6.45, 7) is 6.72. The van der Waals surface area contributed by atoms with Crippen molar-refractivity contribution in [2.24, 2.45) is 5.92 Å². The number of nitrogens with zero attached hydrogens (tertiary/aromatic N) is 1. The molecule has 0 aliphatic heterocycles. The molecule has 2 aromatic carbocycles. The smallest absolute Gasteiger partial charge is 0.242 e. The van der Waals surface area contributed by atoms with Crippen molar-refractivity contribution in [1.29, 1.82) is 0 Å². The molecule has 0 heterocycles. The van der Waals surface area contributed by atoms with E-state index in [-0.39, 0.29) is 29.9 Å². The van der Waals surface area contributed by atoms with Gasteiger partial charge in [0.15, 0.2) is 0 Å². The van der Waals surface area contributed by atoms with E-state index in [1.54, 1.807) is 35.2 Å². The first-order valence-corrected chi connectivity index (χ1v) is 12.5. The van der Waals surface area contributed by atoms with Crippen LogP contribution >= 0.6 is 35.0 Å². The van der Waals surface area contributed by atoms with Gasteiger partial charge in [0.05, 0.1) is 15.8 Å². The Morgan fingerprint density at radius 1 is 1.06 bits per heavy atom. The summed E-state index contributed by atoms with van der Waals surface area (Å²) in [5.74, 6) is 0.478. The Hall–Kier alpha value is -1.76. The molecule has 0 fully saturated rings. The minimum atomic E-state index is -0.595. The van der Waals surface area contributed by atoms with Gasteiger partial charge in [0.2, 0.25) is 11.8 Å². The van der Waals surface area contributed by atoms with Crippen LogP contribution in [0.2, 0.25) is 10.0 Å². The van der Waals surface area contributed by atoms with Gasteiger partial charge < -0.3 is 10.2 Å². The second-order valence-electron chi connectivity index (χ2n) is 7.95. The number of hydrogen-bond acceptors (Lipinski definition) is 3. The average molecular weight is 499 g/mol. The van der Waals surface area contributed by atoms with Gasteiger partial charge in [0.1, 0.15) is 11.9 Å². The highest BCUT2D eigenvalue weighted by molar-refractivity contribution is 7.99. The first-order chi connectivity index (χ1) is 15.2. The summed E-state index contributed by atoms with van der Waals surface area (Å²) in [5, 5.41) is 3.78. The zero-order valence-corrected chi connectivity index (χ0v) is 20.9. The molecule has 1 N–H and O–H groups in total. The maximum Gasteiger partial charge on any atom is 0.242 e. The van der Waals surface area contributed by atoms with E-state index >= 15 is 0 Å². The van der Waals surface area contributed by atoms with Crippen molar-refractivity contribution < 1.29 is 14.0 Å². The Morgan fingerprint density at radius 2 is 1.72 bits per heavy atom. The van der Waals surface area contributed by atoms with E-state index in [1.165, 1.54) is 23.9 Å². The molecule has 0 bridgehead atoms. The third-order valence-electron chi connectivity index (χ3n) is 4.81. The molecule has 0 unspecified atom stereocenters. The van der Waals surface area contributed by atoms with Crippen LogP contribution in [0.15, 0.2) is 42.5 Å². The summed E-state index contributed by atoms with van der Waals surface area (Å²) in [6.07, 6.45) is 0.486. The quantitative estimate of drug-likeness (QED) is 0.416. The van der Waals surface area contributed by atoms with Crippen LogP contribution in [0, 0.1) is 11.7 Å². The molecule has 2 rings (SSSR count). The number of benzene rings is 2. The maximum absolute atomic E-state index is 13.2. The lowest BCUT2D eigenvalue weighted by molar-refractivity contribution is -0.139. The zero-order chi connectivity index (χ0) is 23.7. The van der Waals surface area contributed by atoms with Gasteiger partial charge in [-0.2, -0.15) is 0 Å². The SMILES string of the molecule is CC[C@@H](C(=O)NCC(C)C)N(Cc1ccc(Cl)c(Cl)c1)C(=O)CSCc1ccc(F)cc1. The summed E-state index contributed by atoms with van der Waals surface area (Å²) < 4.78 is 13.1. The van der Waals surface area contributed by atoms with Crippen molar-refractivity contribution in [2.75, 3.05) is 12.3 Å². The van der Waals surface area contributed by atoms with Gasteiger partial charge in [-0.15, -0.1) is 11.8 Å². The van der Waals surface area contributed by atoms with E-state index in [0.29, 0.717) is 34.7 Å². The molecule has 174 valence electrons. The van der Waals surface area contributed by atoms with Crippen molar-refractivity contribution in [3.05, 3.63) is 69.5 Å². The van der Waals surface area contributed by atoms with E-state index in [4.69, 9.17) is 23.2 Å². The third kappa shape index (κ3) is 8.30. The van der Waals surface area contributed by atoms with Crippen molar-refractivity contribution >= 4 is 46.8 Å². The standard InChI is InChI=1S/C24H29Cl2FN2O2S/c1-4-22(24(31)28-12-16(2)3)29(13-18-7-10-20(25)21(26)11-18)23(30)15-32-14-17-5-8-19(27)9-6-17/h5-11,16,22H,4,12-15H2,1-3H3,(H,28,31)/t22-/m0/s1. The van der Waals surface area contributed by atoms with E-state index in [1.807, 2.05) is 20.8 Å². The van der Waals surface area contributed by atoms with E-state index < -0.39 is 6.04 Å². The van der Waals surface area contributed by atoms with Crippen LogP contribution in [0.25, 0.3) is 0 Å². The summed E-state index contributed by atoms with van der Waals surface area (Å²) in [7, 11) is 0. The number of carbonyl (C=O) groups excluding carboxylic acids is 2. The maximum atomic E-state index is 13.2. The average Bonchev–Trinajstić information content (AvgIpc) is 2.75. The number of rotatable bonds is 11. The highest BCUT2D eigenvalue weighted by Crippen LogP contribution is 2.24. The molecule has 8 heteroatoms. The lowest BCUT2D eigenvalue weighted by Crippen LogP contribution is -2.50. The summed E-state index contributed by atoms with van der Waals surface area (Å²) >= 11 is 13.6. The van der Waals surface area contributed by atoms with Crippen LogP contribution in [-0.4, -0.2) is 35.1 Å². The van der Waals surface area contributed by atoms with Crippen molar-refractivity contribution in [3.63, 3.8) is 0 Å². The minimum absolute atomic E-state index is 0.144. The number of thioether (sulfide) groups is 1. The Morgan fingerprint density at radius 3 is 2.31 bits per heavy atom. The first-order valence-electron chi connectivity index (χ1n) is 10.5. The summed E-state index contributed by atoms with van der Waals surface area (Å²) in [6, 6.07) is 10.8. The molecular formula is C24H29Cl2FN2O2S. The monoisotopic (exact) mass is 498 g/mol. The van der Waals surface area contributed by atoms with Gasteiger partial charge in [-0.1, -0.05) is 62.2 Å². The zero-order valence-electron chi connectivity index (χ0n) is 18.5. The van der Waals surface area contributed by atoms with Crippen LogP contribution in [-0.2, 0) is 21.9 Å². The highest BCUT2D eigenvalue weighted by atomic mass is 35.5. The molecule has 0 saturated heterocycles. The molecule has 0 aliphatic rings. The number of hydrogen-bond donors (Lipinski definition) is 1. The molecular weight excluding hydrogens is 470 g/mol. The molecule has 0 aliphatic carbocycles. The molecule has 2 aromatic rings. The van der Waals surface area contributed by atoms with Gasteiger partial charge in [0, 0.05) is 18.8 Å². The third-order valence-corrected chi connectivity index (χ3v) is 6.54. The second-order valence-corrected chi connectivity index (χ2v) is 9.75. The molecule has 4 nitrogen and oxygen atoms in total. The fraction of sp³-hybridized carbons (Fsp3) is 0.417. The Labute approximate surface area is 203 Å². The molecule has 0 spiro atoms. The lowest BCUT2D eigenvalue weighted by atomic mass is 10.1. The molecule has 0 aromatic heterocycles. The van der Waals surface area contributed by atoms with Crippen LogP contribution < -0.4 is 5.32 Å². The summed E-state index contributed by atoms with van der Waals surface area (Å²) in [5.41, 5.74) is 1.73. The molecule has 2 amide bonds. The van der Waals surface area contributed by atoms with Gasteiger partial charge in [-0.3, -0.25) is 9.59 Å². The van der Waals surface area contributed by atoms with E-state index in [2.05, 4.69) is 5.32 Å². The summed E-state index contributed by atoms with van der Waals surface area (Å²) in [4.78, 5) is 27.7. The molecule has 0 saturated carbocycles. The highest BCUT2D eigenvalue weighted by Gasteiger charge is 2.28. The van der Waals surface area contributed by atoms with Crippen molar-refractivity contribution in [2.45, 2.75) is 45.5 Å². The van der Waals surface area contributed by atoms with Gasteiger partial charge in [-0.25, -0.2) is 4.39 Å². The van der Waals surface area contributed by atoms with Gasteiger partial charge in [0.25, 0.3) is 0 Å². The van der Waals surface area contributed by atoms with Gasteiger partial charge in [-0.05, 0) is 47.7 Å². The second kappa shape index (κ2) is 13.1. The fourth-order valence-electron chi connectivity index (χ4n) is 3.10. The number of carbonyl (C=O) groups is 2. The lowest BCUT2D eigenvalue weighted by Gasteiger charge is -2.31. The van der Waals surface area contributed by atoms with Crippen LogP contribution in [0.1, 0.15) is 38.3 Å². The predicted octanol–water partition coefficient (Wildman–Crippen LogP) is 5.95. The van der Waals surface area contributed by atoms with Crippen molar-refractivity contribution in [1.82, 2.24) is 10.2 Å². The normalized spacial score (nSPS) is 12.0. The van der Waals surface area contributed by atoms with Crippen LogP contribution in [0.3, 0.4) is 0 Å². The topological polar surface area (TPSA) is 49.4 Å². The Bertz CT molecular complexity index is 909. The predicted molar refractivity (Wildman–Crippen MR) is 132 cm³/mol. The molecule has 1 atom stereocenters. The van der Waals surface area contributed by atoms with Gasteiger partial charge >= 0.3 is 0 Å². The number of amides is 2. The fourth-order valence-corrected chi connectivity index (χ4v) is 4.29. The number of halogens is 3. The van der Waals surface area contributed by atoms with Crippen molar-refractivity contribution in [3.8, 4) is 0 Å². The van der Waals surface area contributed by atoms with Crippen LogP contribution in [0.5, 0.6) is 0 Å². The van der Waals surface area contributed by atoms with E-state index in [9.17, 15) is 14.0 Å². The molecule has 0 radical (unpaired) electrons. The largest absolute Gasteiger partial charge is 0.354 e. The Kier molecular flexibility index (Phi) is 10.8. The Balaban J connectivity index is 2.14. The number of nitrogens with one attached hydrogen (secondary N) is 1. The minimum Gasteiger partial charge on any atom is -0.354 e. The van der Waals surface area contributed by atoms with E-state index in [0.717, 1.165) is 11.1 Å².